The van der Waals surface area contributed by atoms with Gasteiger partial charge in [-0.25, -0.2) is 8.42 Å². The minimum atomic E-state index is -3.81. The van der Waals surface area contributed by atoms with Gasteiger partial charge in [-0.3, -0.25) is 13.9 Å². The zero-order chi connectivity index (χ0) is 27.0. The molecule has 0 bridgehead atoms. The molecule has 1 N–H and O–H groups in total. The van der Waals surface area contributed by atoms with E-state index in [1.807, 2.05) is 13.8 Å². The van der Waals surface area contributed by atoms with Gasteiger partial charge in [0.15, 0.2) is 0 Å². The number of sulfonamides is 1. The fourth-order valence-corrected chi connectivity index (χ4v) is 5.21. The maximum Gasteiger partial charge on any atom is 0.244 e. The van der Waals surface area contributed by atoms with Crippen LogP contribution < -0.4 is 9.62 Å². The number of nitrogens with one attached hydrogen (secondary N) is 1. The molecular formula is C25H32BrCl2N3O4S. The van der Waals surface area contributed by atoms with Crippen molar-refractivity contribution in [2.75, 3.05) is 23.7 Å². The van der Waals surface area contributed by atoms with E-state index in [4.69, 9.17) is 23.2 Å². The highest BCUT2D eigenvalue weighted by Gasteiger charge is 2.32. The third-order valence-electron chi connectivity index (χ3n) is 5.68. The largest absolute Gasteiger partial charge is 0.354 e. The molecule has 0 heterocycles. The quantitative estimate of drug-likeness (QED) is 0.315. The smallest absolute Gasteiger partial charge is 0.244 e. The highest BCUT2D eigenvalue weighted by Crippen LogP contribution is 2.27. The molecule has 0 aliphatic rings. The third kappa shape index (κ3) is 8.36. The van der Waals surface area contributed by atoms with E-state index >= 15 is 0 Å². The van der Waals surface area contributed by atoms with Gasteiger partial charge in [-0.05, 0) is 61.2 Å². The molecule has 2 aromatic carbocycles. The lowest BCUT2D eigenvalue weighted by molar-refractivity contribution is -0.140. The molecule has 0 aliphatic carbocycles. The van der Waals surface area contributed by atoms with Gasteiger partial charge in [0, 0.05) is 27.6 Å². The molecule has 2 amide bonds. The van der Waals surface area contributed by atoms with Gasteiger partial charge in [0.1, 0.15) is 12.6 Å². The minimum absolute atomic E-state index is 0.0194. The highest BCUT2D eigenvalue weighted by molar-refractivity contribution is 9.10. The predicted octanol–water partition coefficient (Wildman–Crippen LogP) is 5.55. The number of halogens is 3. The second-order valence-corrected chi connectivity index (χ2v) is 12.1. The Labute approximate surface area is 232 Å². The molecule has 198 valence electrons. The average Bonchev–Trinajstić information content (AvgIpc) is 2.80. The van der Waals surface area contributed by atoms with Gasteiger partial charge < -0.3 is 10.2 Å². The molecule has 0 aliphatic heterocycles. The van der Waals surface area contributed by atoms with Crippen molar-refractivity contribution in [3.05, 3.63) is 62.0 Å². The molecule has 0 saturated carbocycles. The van der Waals surface area contributed by atoms with E-state index in [1.54, 1.807) is 43.3 Å². The van der Waals surface area contributed by atoms with Gasteiger partial charge in [-0.15, -0.1) is 0 Å². The monoisotopic (exact) mass is 619 g/mol. The van der Waals surface area contributed by atoms with Crippen molar-refractivity contribution < 1.29 is 18.0 Å². The Morgan fingerprint density at radius 3 is 2.36 bits per heavy atom. The summed E-state index contributed by atoms with van der Waals surface area (Å²) in [6.07, 6.45) is 3.11. The summed E-state index contributed by atoms with van der Waals surface area (Å²) in [5, 5.41) is 3.68. The molecule has 0 fully saturated rings. The molecule has 0 radical (unpaired) electrons. The zero-order valence-corrected chi connectivity index (χ0v) is 24.8. The van der Waals surface area contributed by atoms with Crippen LogP contribution in [0.3, 0.4) is 0 Å². The van der Waals surface area contributed by atoms with Crippen LogP contribution in [0.2, 0.25) is 10.0 Å². The molecule has 0 unspecified atom stereocenters. The number of anilines is 1. The fourth-order valence-electron chi connectivity index (χ4n) is 3.66. The Bertz CT molecular complexity index is 1190. The van der Waals surface area contributed by atoms with Crippen molar-refractivity contribution >= 4 is 66.7 Å². The van der Waals surface area contributed by atoms with Crippen LogP contribution in [0.1, 0.15) is 44.2 Å². The third-order valence-corrected chi connectivity index (χ3v) is 8.30. The van der Waals surface area contributed by atoms with Crippen LogP contribution in [0, 0.1) is 6.92 Å². The number of hydrogen-bond acceptors (Lipinski definition) is 4. The molecule has 11 heteroatoms. The maximum atomic E-state index is 13.7. The van der Waals surface area contributed by atoms with Crippen LogP contribution in [0.25, 0.3) is 0 Å². The lowest BCUT2D eigenvalue weighted by Crippen LogP contribution is -2.52. The lowest BCUT2D eigenvalue weighted by atomic mass is 10.1. The Balaban J connectivity index is 2.46. The number of nitrogens with zero attached hydrogens (tertiary/aromatic N) is 2. The van der Waals surface area contributed by atoms with Gasteiger partial charge in [0.25, 0.3) is 0 Å². The molecular weight excluding hydrogens is 589 g/mol. The first-order valence-electron chi connectivity index (χ1n) is 11.6. The summed E-state index contributed by atoms with van der Waals surface area (Å²) in [5.74, 6) is -0.820. The summed E-state index contributed by atoms with van der Waals surface area (Å²) >= 11 is 15.8. The van der Waals surface area contributed by atoms with Crippen molar-refractivity contribution in [3.8, 4) is 0 Å². The van der Waals surface area contributed by atoms with Crippen LogP contribution in [-0.4, -0.2) is 50.5 Å². The fraction of sp³-hybridized carbons (Fsp3) is 0.440. The van der Waals surface area contributed by atoms with Gasteiger partial charge in [0.05, 0.1) is 11.9 Å². The molecule has 0 saturated heterocycles. The number of hydrogen-bond donors (Lipinski definition) is 1. The summed E-state index contributed by atoms with van der Waals surface area (Å²) in [7, 11) is -3.81. The Kier molecular flexibility index (Phi) is 11.5. The van der Waals surface area contributed by atoms with Crippen LogP contribution in [0.15, 0.2) is 40.9 Å². The molecule has 7 nitrogen and oxygen atoms in total. The summed E-state index contributed by atoms with van der Waals surface area (Å²) in [5.41, 5.74) is 1.77. The van der Waals surface area contributed by atoms with Gasteiger partial charge in [-0.2, -0.15) is 0 Å². The zero-order valence-electron chi connectivity index (χ0n) is 20.9. The van der Waals surface area contributed by atoms with E-state index in [1.165, 1.54) is 4.90 Å². The minimum Gasteiger partial charge on any atom is -0.354 e. The van der Waals surface area contributed by atoms with E-state index < -0.39 is 28.5 Å². The number of benzene rings is 2. The van der Waals surface area contributed by atoms with Crippen molar-refractivity contribution in [2.24, 2.45) is 0 Å². The number of carbonyl (C=O) groups excluding carboxylic acids is 2. The van der Waals surface area contributed by atoms with Crippen molar-refractivity contribution in [1.29, 1.82) is 0 Å². The van der Waals surface area contributed by atoms with Gasteiger partial charge in [0.2, 0.25) is 21.8 Å². The normalized spacial score (nSPS) is 12.2. The van der Waals surface area contributed by atoms with E-state index in [0.29, 0.717) is 34.3 Å². The van der Waals surface area contributed by atoms with Crippen molar-refractivity contribution in [1.82, 2.24) is 10.2 Å². The Morgan fingerprint density at radius 2 is 1.81 bits per heavy atom. The van der Waals surface area contributed by atoms with E-state index in [0.717, 1.165) is 33.4 Å². The summed E-state index contributed by atoms with van der Waals surface area (Å²) < 4.78 is 27.3. The second kappa shape index (κ2) is 13.7. The Hall–Kier alpha value is -1.81. The SMILES string of the molecule is CCCCNC(=O)[C@@H](CC)N(Cc1ccc(Cl)cc1Cl)C(=O)CN(c1ccc(Br)c(C)c1)S(C)(=O)=O. The first-order chi connectivity index (χ1) is 16.9. The summed E-state index contributed by atoms with van der Waals surface area (Å²) in [6, 6.07) is 9.15. The molecule has 2 aromatic rings. The predicted molar refractivity (Wildman–Crippen MR) is 150 cm³/mol. The number of carbonyl (C=O) groups is 2. The van der Waals surface area contributed by atoms with Gasteiger partial charge >= 0.3 is 0 Å². The second-order valence-electron chi connectivity index (χ2n) is 8.53. The standard InChI is InChI=1S/C25H32BrCl2N3O4S/c1-5-7-12-29-25(33)23(6-2)30(15-18-8-9-19(27)14-22(18)28)24(32)16-31(36(4,34)35)20-10-11-21(26)17(3)13-20/h8-11,13-14,23H,5-7,12,15-16H2,1-4H3,(H,29,33)/t23-/m1/s1. The Morgan fingerprint density at radius 1 is 1.11 bits per heavy atom. The van der Waals surface area contributed by atoms with Crippen molar-refractivity contribution in [2.45, 2.75) is 52.6 Å². The van der Waals surface area contributed by atoms with E-state index in [9.17, 15) is 18.0 Å². The van der Waals surface area contributed by atoms with Crippen LogP contribution in [0.5, 0.6) is 0 Å². The molecule has 0 aromatic heterocycles. The van der Waals surface area contributed by atoms with Crippen molar-refractivity contribution in [3.63, 3.8) is 0 Å². The average molecular weight is 621 g/mol. The molecule has 2 rings (SSSR count). The number of rotatable bonds is 12. The van der Waals surface area contributed by atoms with Crippen LogP contribution in [-0.2, 0) is 26.2 Å². The summed E-state index contributed by atoms with van der Waals surface area (Å²) in [4.78, 5) is 28.2. The van der Waals surface area contributed by atoms with E-state index in [2.05, 4.69) is 21.2 Å². The lowest BCUT2D eigenvalue weighted by Gasteiger charge is -2.33. The van der Waals surface area contributed by atoms with Gasteiger partial charge in [-0.1, -0.05) is 65.5 Å². The molecule has 1 atom stereocenters. The topological polar surface area (TPSA) is 86.8 Å². The number of amides is 2. The first kappa shape index (κ1) is 30.4. The summed E-state index contributed by atoms with van der Waals surface area (Å²) in [6.45, 7) is 5.70. The number of unbranched alkanes of at least 4 members (excludes halogenated alkanes) is 1. The highest BCUT2D eigenvalue weighted by atomic mass is 79.9. The number of aryl methyl sites for hydroxylation is 1. The van der Waals surface area contributed by atoms with E-state index in [-0.39, 0.29) is 12.5 Å². The maximum absolute atomic E-state index is 13.7. The molecule has 0 spiro atoms. The van der Waals surface area contributed by atoms with Crippen LogP contribution >= 0.6 is 39.1 Å². The molecule has 36 heavy (non-hydrogen) atoms. The first-order valence-corrected chi connectivity index (χ1v) is 15.0. The van der Waals surface area contributed by atoms with Crippen LogP contribution in [0.4, 0.5) is 5.69 Å².